The highest BCUT2D eigenvalue weighted by atomic mass is 32.2. The number of carboxylic acids is 1. The zero-order chi connectivity index (χ0) is 17.4. The maximum absolute atomic E-state index is 12.3. The van der Waals surface area contributed by atoms with E-state index in [9.17, 15) is 19.5 Å². The number of carbonyl (C=O) groups excluding carboxylic acids is 2. The third-order valence-corrected chi connectivity index (χ3v) is 4.87. The SMILES string of the molecule is C=CC1=C(C(=O)O)N2C(=O)C(NC(=O)Cc3noc(N)n3)[C@@H]2SC1. The van der Waals surface area contributed by atoms with Gasteiger partial charge in [0.2, 0.25) is 5.91 Å². The predicted molar refractivity (Wildman–Crippen MR) is 82.3 cm³/mol. The summed E-state index contributed by atoms with van der Waals surface area (Å²) in [6.45, 7) is 3.57. The molecule has 4 N–H and O–H groups in total. The van der Waals surface area contributed by atoms with E-state index in [-0.39, 0.29) is 24.0 Å². The smallest absolute Gasteiger partial charge is 0.352 e. The molecule has 2 atom stereocenters. The number of carboxylic acid groups (broad SMARTS) is 1. The van der Waals surface area contributed by atoms with E-state index >= 15 is 0 Å². The molecule has 1 unspecified atom stereocenters. The van der Waals surface area contributed by atoms with Gasteiger partial charge in [0.05, 0.1) is 6.42 Å². The molecule has 11 heteroatoms. The number of nitrogens with one attached hydrogen (secondary N) is 1. The van der Waals surface area contributed by atoms with Crippen molar-refractivity contribution in [2.45, 2.75) is 17.8 Å². The molecule has 2 aliphatic rings. The van der Waals surface area contributed by atoms with Crippen LogP contribution < -0.4 is 11.1 Å². The van der Waals surface area contributed by atoms with E-state index in [2.05, 4.69) is 26.6 Å². The van der Waals surface area contributed by atoms with Crippen LogP contribution in [0.25, 0.3) is 0 Å². The number of hydrogen-bond acceptors (Lipinski definition) is 8. The number of β-lactam (4-membered cyclic amide) rings is 1. The molecule has 0 saturated carbocycles. The Labute approximate surface area is 139 Å². The molecule has 10 nitrogen and oxygen atoms in total. The first-order chi connectivity index (χ1) is 11.4. The van der Waals surface area contributed by atoms with Crippen LogP contribution in [0, 0.1) is 0 Å². The Bertz CT molecular complexity index is 773. The molecule has 0 radical (unpaired) electrons. The number of amides is 2. The Kier molecular flexibility index (Phi) is 4.01. The van der Waals surface area contributed by atoms with E-state index < -0.39 is 29.2 Å². The largest absolute Gasteiger partial charge is 0.477 e. The monoisotopic (exact) mass is 351 g/mol. The summed E-state index contributed by atoms with van der Waals surface area (Å²) in [7, 11) is 0. The molecule has 1 aromatic heterocycles. The van der Waals surface area contributed by atoms with Crippen LogP contribution in [0.3, 0.4) is 0 Å². The molecule has 0 bridgehead atoms. The lowest BCUT2D eigenvalue weighted by Gasteiger charge is -2.49. The summed E-state index contributed by atoms with van der Waals surface area (Å²) in [5.41, 5.74) is 5.66. The van der Waals surface area contributed by atoms with Crippen LogP contribution in [0.1, 0.15) is 5.82 Å². The van der Waals surface area contributed by atoms with Gasteiger partial charge in [-0.05, 0) is 5.57 Å². The van der Waals surface area contributed by atoms with E-state index in [1.807, 2.05) is 0 Å². The number of aliphatic carboxylic acids is 1. The Morgan fingerprint density at radius 2 is 2.33 bits per heavy atom. The van der Waals surface area contributed by atoms with Gasteiger partial charge in [-0.15, -0.1) is 11.8 Å². The van der Waals surface area contributed by atoms with Crippen molar-refractivity contribution in [1.29, 1.82) is 0 Å². The van der Waals surface area contributed by atoms with Crippen LogP contribution in [0.15, 0.2) is 28.4 Å². The normalized spacial score (nSPS) is 22.7. The molecule has 0 aliphatic carbocycles. The van der Waals surface area contributed by atoms with E-state index in [0.717, 1.165) is 0 Å². The van der Waals surface area contributed by atoms with Crippen LogP contribution in [0.2, 0.25) is 0 Å². The third kappa shape index (κ3) is 2.62. The lowest BCUT2D eigenvalue weighted by Crippen LogP contribution is -2.70. The molecule has 1 fully saturated rings. The van der Waals surface area contributed by atoms with Crippen LogP contribution in [-0.4, -0.2) is 55.1 Å². The van der Waals surface area contributed by atoms with Gasteiger partial charge in [-0.3, -0.25) is 14.5 Å². The number of anilines is 1. The molecule has 126 valence electrons. The summed E-state index contributed by atoms with van der Waals surface area (Å²) in [4.78, 5) is 40.5. The van der Waals surface area contributed by atoms with Crippen LogP contribution in [0.5, 0.6) is 0 Å². The number of fused-ring (bicyclic) bond motifs is 1. The minimum absolute atomic E-state index is 0.0878. The molecule has 3 rings (SSSR count). The van der Waals surface area contributed by atoms with Crippen molar-refractivity contribution in [2.75, 3.05) is 11.5 Å². The first-order valence-corrected chi connectivity index (χ1v) is 7.88. The molecule has 2 aliphatic heterocycles. The fourth-order valence-corrected chi connectivity index (χ4v) is 3.85. The number of carbonyl (C=O) groups is 3. The second kappa shape index (κ2) is 6.00. The molecule has 1 aromatic rings. The number of nitrogen functional groups attached to an aromatic ring is 1. The maximum Gasteiger partial charge on any atom is 0.352 e. The molecule has 3 heterocycles. The van der Waals surface area contributed by atoms with Crippen molar-refractivity contribution in [3.63, 3.8) is 0 Å². The number of aromatic nitrogens is 2. The fourth-order valence-electron chi connectivity index (χ4n) is 2.51. The summed E-state index contributed by atoms with van der Waals surface area (Å²) in [5.74, 6) is -1.66. The summed E-state index contributed by atoms with van der Waals surface area (Å²) >= 11 is 1.36. The van der Waals surface area contributed by atoms with Gasteiger partial charge < -0.3 is 20.7 Å². The zero-order valence-corrected chi connectivity index (χ0v) is 13.1. The number of nitrogens with two attached hydrogens (primary N) is 1. The number of allylic oxidation sites excluding steroid dienone is 1. The van der Waals surface area contributed by atoms with Gasteiger partial charge in [-0.1, -0.05) is 17.8 Å². The summed E-state index contributed by atoms with van der Waals surface area (Å²) < 4.78 is 4.56. The molecule has 2 amide bonds. The number of thioether (sulfide) groups is 1. The highest BCUT2D eigenvalue weighted by Gasteiger charge is 2.53. The highest BCUT2D eigenvalue weighted by Crippen LogP contribution is 2.40. The summed E-state index contributed by atoms with van der Waals surface area (Å²) in [6.07, 6.45) is 1.23. The van der Waals surface area contributed by atoms with Crippen molar-refractivity contribution in [2.24, 2.45) is 0 Å². The summed E-state index contributed by atoms with van der Waals surface area (Å²) in [5, 5.41) is 14.9. The molecular weight excluding hydrogens is 338 g/mol. The number of nitrogens with zero attached hydrogens (tertiary/aromatic N) is 3. The average Bonchev–Trinajstić information content (AvgIpc) is 2.95. The lowest BCUT2D eigenvalue weighted by atomic mass is 10.0. The second-order valence-electron chi connectivity index (χ2n) is 5.06. The minimum atomic E-state index is -1.20. The van der Waals surface area contributed by atoms with Crippen molar-refractivity contribution in [1.82, 2.24) is 20.4 Å². The molecule has 24 heavy (non-hydrogen) atoms. The van der Waals surface area contributed by atoms with E-state index in [1.165, 1.54) is 22.7 Å². The number of hydrogen-bond donors (Lipinski definition) is 3. The average molecular weight is 351 g/mol. The first kappa shape index (κ1) is 16.1. The minimum Gasteiger partial charge on any atom is -0.477 e. The van der Waals surface area contributed by atoms with Gasteiger partial charge >= 0.3 is 12.0 Å². The Hall–Kier alpha value is -2.82. The van der Waals surface area contributed by atoms with Gasteiger partial charge in [0.25, 0.3) is 5.91 Å². The van der Waals surface area contributed by atoms with E-state index in [4.69, 9.17) is 5.73 Å². The topological polar surface area (TPSA) is 152 Å². The van der Waals surface area contributed by atoms with Crippen LogP contribution in [-0.2, 0) is 20.8 Å². The Morgan fingerprint density at radius 3 is 2.92 bits per heavy atom. The predicted octanol–water partition coefficient (Wildman–Crippen LogP) is -0.881. The van der Waals surface area contributed by atoms with E-state index in [1.54, 1.807) is 0 Å². The molecular formula is C13H13N5O5S. The maximum atomic E-state index is 12.3. The molecule has 0 aromatic carbocycles. The lowest BCUT2D eigenvalue weighted by molar-refractivity contribution is -0.150. The van der Waals surface area contributed by atoms with Crippen LogP contribution >= 0.6 is 11.8 Å². The van der Waals surface area contributed by atoms with Crippen molar-refractivity contribution in [3.05, 3.63) is 29.7 Å². The first-order valence-electron chi connectivity index (χ1n) is 6.83. The Balaban J connectivity index is 1.69. The zero-order valence-electron chi connectivity index (χ0n) is 12.3. The summed E-state index contributed by atoms with van der Waals surface area (Å²) in [6, 6.07) is -0.952. The van der Waals surface area contributed by atoms with Gasteiger partial charge in [-0.25, -0.2) is 4.79 Å². The van der Waals surface area contributed by atoms with Gasteiger partial charge in [-0.2, -0.15) is 4.98 Å². The van der Waals surface area contributed by atoms with E-state index in [0.29, 0.717) is 11.3 Å². The third-order valence-electron chi connectivity index (χ3n) is 3.57. The van der Waals surface area contributed by atoms with Crippen molar-refractivity contribution >= 4 is 35.6 Å². The molecule has 1 saturated heterocycles. The van der Waals surface area contributed by atoms with Crippen molar-refractivity contribution in [3.8, 4) is 0 Å². The number of rotatable bonds is 5. The quantitative estimate of drug-likeness (QED) is 0.574. The standard InChI is InChI=1S/C13H13N5O5S/c1-2-5-4-24-11-8(10(20)18(11)9(5)12(21)22)16-7(19)3-6-15-13(14)23-17-6/h2,8,11H,1,3-4H2,(H,16,19)(H,21,22)(H2,14,15,17)/t8?,11-/m0/s1. The fraction of sp³-hybridized carbons (Fsp3) is 0.308. The van der Waals surface area contributed by atoms with Crippen molar-refractivity contribution < 1.29 is 24.0 Å². The van der Waals surface area contributed by atoms with Gasteiger partial charge in [0, 0.05) is 5.75 Å². The highest BCUT2D eigenvalue weighted by molar-refractivity contribution is 8.00. The molecule has 0 spiro atoms. The van der Waals surface area contributed by atoms with Crippen LogP contribution in [0.4, 0.5) is 6.01 Å². The van der Waals surface area contributed by atoms with Gasteiger partial charge in [0.15, 0.2) is 5.82 Å². The second-order valence-corrected chi connectivity index (χ2v) is 6.17. The Morgan fingerprint density at radius 1 is 1.58 bits per heavy atom. The van der Waals surface area contributed by atoms with Gasteiger partial charge in [0.1, 0.15) is 17.1 Å².